The summed E-state index contributed by atoms with van der Waals surface area (Å²) < 4.78 is 45.2. The van der Waals surface area contributed by atoms with E-state index < -0.39 is 23.7 Å². The lowest BCUT2D eigenvalue weighted by Crippen LogP contribution is -2.30. The Labute approximate surface area is 160 Å². The summed E-state index contributed by atoms with van der Waals surface area (Å²) in [6.45, 7) is 1.71. The minimum absolute atomic E-state index is 0.0332. The number of furan rings is 1. The lowest BCUT2D eigenvalue weighted by atomic mass is 9.85. The van der Waals surface area contributed by atoms with Gasteiger partial charge in [-0.25, -0.2) is 0 Å². The van der Waals surface area contributed by atoms with Crippen LogP contribution in [0.5, 0.6) is 0 Å². The maximum absolute atomic E-state index is 13.3. The number of rotatable bonds is 5. The smallest absolute Gasteiger partial charge is 0.416 e. The van der Waals surface area contributed by atoms with Crippen LogP contribution in [0.15, 0.2) is 41.0 Å². The average Bonchev–Trinajstić information content (AvgIpc) is 3.11. The number of halogens is 3. The van der Waals surface area contributed by atoms with E-state index in [0.29, 0.717) is 5.76 Å². The van der Waals surface area contributed by atoms with Crippen molar-refractivity contribution in [2.45, 2.75) is 38.4 Å². The maximum Gasteiger partial charge on any atom is 0.416 e. The summed E-state index contributed by atoms with van der Waals surface area (Å²) in [6, 6.07) is 5.81. The van der Waals surface area contributed by atoms with Crippen LogP contribution in [0, 0.1) is 5.92 Å². The second kappa shape index (κ2) is 7.69. The van der Waals surface area contributed by atoms with Gasteiger partial charge in [0, 0.05) is 24.2 Å². The number of amides is 2. The monoisotopic (exact) mass is 394 g/mol. The third-order valence-electron chi connectivity index (χ3n) is 5.11. The minimum atomic E-state index is -4.64. The molecule has 150 valence electrons. The number of anilines is 1. The van der Waals surface area contributed by atoms with Gasteiger partial charge in [0.15, 0.2) is 0 Å². The minimum Gasteiger partial charge on any atom is -0.467 e. The Hall–Kier alpha value is -2.77. The fourth-order valence-corrected chi connectivity index (χ4v) is 3.00. The van der Waals surface area contributed by atoms with E-state index in [9.17, 15) is 22.8 Å². The molecule has 5 nitrogen and oxygen atoms in total. The molecule has 1 aromatic heterocycles. The van der Waals surface area contributed by atoms with Crippen LogP contribution in [-0.2, 0) is 11.0 Å². The largest absolute Gasteiger partial charge is 0.467 e. The molecule has 2 aromatic rings. The number of hydrogen-bond acceptors (Lipinski definition) is 3. The van der Waals surface area contributed by atoms with E-state index in [1.807, 2.05) is 0 Å². The molecule has 1 atom stereocenters. The van der Waals surface area contributed by atoms with Gasteiger partial charge in [0.1, 0.15) is 5.76 Å². The van der Waals surface area contributed by atoms with E-state index in [4.69, 9.17) is 4.42 Å². The van der Waals surface area contributed by atoms with E-state index >= 15 is 0 Å². The highest BCUT2D eigenvalue weighted by molar-refractivity contribution is 5.98. The summed E-state index contributed by atoms with van der Waals surface area (Å²) in [5, 5.41) is 2.52. The van der Waals surface area contributed by atoms with Crippen LogP contribution in [0.1, 0.15) is 53.9 Å². The highest BCUT2D eigenvalue weighted by atomic mass is 19.4. The number of carbonyl (C=O) groups is 2. The molecule has 0 aliphatic heterocycles. The summed E-state index contributed by atoms with van der Waals surface area (Å²) in [5.74, 6) is -0.591. The van der Waals surface area contributed by atoms with Gasteiger partial charge >= 0.3 is 6.18 Å². The van der Waals surface area contributed by atoms with Crippen molar-refractivity contribution in [3.63, 3.8) is 0 Å². The highest BCUT2D eigenvalue weighted by Gasteiger charge is 2.33. The summed E-state index contributed by atoms with van der Waals surface area (Å²) in [4.78, 5) is 26.2. The third kappa shape index (κ3) is 4.21. The molecule has 0 bridgehead atoms. The molecule has 1 aliphatic rings. The van der Waals surface area contributed by atoms with Crippen LogP contribution >= 0.6 is 0 Å². The average molecular weight is 394 g/mol. The third-order valence-corrected chi connectivity index (χ3v) is 5.11. The van der Waals surface area contributed by atoms with Crippen LogP contribution in [0.25, 0.3) is 0 Å². The molecule has 1 unspecified atom stereocenters. The molecular formula is C20H21F3N2O3. The Morgan fingerprint density at radius 1 is 1.25 bits per heavy atom. The molecule has 28 heavy (non-hydrogen) atoms. The zero-order valence-corrected chi connectivity index (χ0v) is 15.5. The lowest BCUT2D eigenvalue weighted by molar-refractivity contribution is -0.137. The van der Waals surface area contributed by atoms with Gasteiger partial charge in [-0.1, -0.05) is 6.42 Å². The van der Waals surface area contributed by atoms with Gasteiger partial charge in [-0.2, -0.15) is 13.2 Å². The number of benzene rings is 1. The van der Waals surface area contributed by atoms with Crippen molar-refractivity contribution in [2.75, 3.05) is 12.4 Å². The Morgan fingerprint density at radius 2 is 1.96 bits per heavy atom. The second-order valence-corrected chi connectivity index (χ2v) is 7.02. The maximum atomic E-state index is 13.3. The van der Waals surface area contributed by atoms with Crippen LogP contribution in [0.3, 0.4) is 0 Å². The second-order valence-electron chi connectivity index (χ2n) is 7.02. The lowest BCUT2D eigenvalue weighted by Gasteiger charge is -2.25. The van der Waals surface area contributed by atoms with Crippen molar-refractivity contribution >= 4 is 17.5 Å². The molecule has 1 fully saturated rings. The Morgan fingerprint density at radius 3 is 2.50 bits per heavy atom. The molecule has 3 rings (SSSR count). The van der Waals surface area contributed by atoms with Gasteiger partial charge in [-0.3, -0.25) is 9.59 Å². The molecule has 1 aliphatic carbocycles. The first kappa shape index (κ1) is 20.0. The Bertz CT molecular complexity index is 858. The number of hydrogen-bond donors (Lipinski definition) is 1. The summed E-state index contributed by atoms with van der Waals surface area (Å²) >= 11 is 0. The molecule has 0 spiro atoms. The topological polar surface area (TPSA) is 62.6 Å². The molecule has 1 saturated carbocycles. The van der Waals surface area contributed by atoms with Crippen molar-refractivity contribution in [3.8, 4) is 0 Å². The Balaban J connectivity index is 1.88. The van der Waals surface area contributed by atoms with Crippen molar-refractivity contribution in [1.82, 2.24) is 4.90 Å². The van der Waals surface area contributed by atoms with Crippen LogP contribution in [-0.4, -0.2) is 23.8 Å². The van der Waals surface area contributed by atoms with Crippen LogP contribution in [0.2, 0.25) is 0 Å². The van der Waals surface area contributed by atoms with Crippen LogP contribution < -0.4 is 5.32 Å². The van der Waals surface area contributed by atoms with E-state index in [-0.39, 0.29) is 23.1 Å². The van der Waals surface area contributed by atoms with Gasteiger partial charge < -0.3 is 14.6 Å². The first-order valence-electron chi connectivity index (χ1n) is 9.00. The quantitative estimate of drug-likeness (QED) is 0.787. The molecule has 1 N–H and O–H groups in total. The van der Waals surface area contributed by atoms with Gasteiger partial charge in [0.2, 0.25) is 5.91 Å². The fourth-order valence-electron chi connectivity index (χ4n) is 3.00. The van der Waals surface area contributed by atoms with Crippen molar-refractivity contribution < 1.29 is 27.2 Å². The van der Waals surface area contributed by atoms with Gasteiger partial charge in [0.25, 0.3) is 5.91 Å². The summed E-state index contributed by atoms with van der Waals surface area (Å²) in [6.07, 6.45) is -0.806. The summed E-state index contributed by atoms with van der Waals surface area (Å²) in [7, 11) is 1.49. The first-order chi connectivity index (χ1) is 13.2. The van der Waals surface area contributed by atoms with Crippen LogP contribution in [0.4, 0.5) is 18.9 Å². The predicted molar refractivity (Wildman–Crippen MR) is 96.6 cm³/mol. The molecule has 8 heteroatoms. The molecule has 2 amide bonds. The first-order valence-corrected chi connectivity index (χ1v) is 9.00. The number of nitrogens with zero attached hydrogens (tertiary/aromatic N) is 1. The van der Waals surface area contributed by atoms with Crippen molar-refractivity contribution in [2.24, 2.45) is 5.92 Å². The van der Waals surface area contributed by atoms with Gasteiger partial charge in [-0.05, 0) is 50.1 Å². The fraction of sp³-hybridized carbons (Fsp3) is 0.400. The van der Waals surface area contributed by atoms with E-state index in [0.717, 1.165) is 31.4 Å². The Kier molecular flexibility index (Phi) is 5.49. The van der Waals surface area contributed by atoms with E-state index in [1.165, 1.54) is 24.3 Å². The molecule has 1 aromatic carbocycles. The predicted octanol–water partition coefficient (Wildman–Crippen LogP) is 4.87. The molecular weight excluding hydrogens is 373 g/mol. The number of nitrogens with one attached hydrogen (secondary N) is 1. The number of alkyl halides is 3. The molecule has 0 saturated heterocycles. The van der Waals surface area contributed by atoms with Crippen molar-refractivity contribution in [3.05, 3.63) is 53.5 Å². The zero-order chi connectivity index (χ0) is 20.5. The van der Waals surface area contributed by atoms with E-state index in [2.05, 4.69) is 5.32 Å². The highest BCUT2D eigenvalue weighted by Crippen LogP contribution is 2.34. The SMILES string of the molecule is CC(c1ccco1)N(C)C(=O)c1cc(NC(=O)C2CCC2)cc(C(F)(F)F)c1. The van der Waals surface area contributed by atoms with Gasteiger partial charge in [0.05, 0.1) is 17.9 Å². The molecule has 1 heterocycles. The van der Waals surface area contributed by atoms with Gasteiger partial charge in [-0.15, -0.1) is 0 Å². The zero-order valence-electron chi connectivity index (χ0n) is 15.5. The van der Waals surface area contributed by atoms with Crippen molar-refractivity contribution in [1.29, 1.82) is 0 Å². The van der Waals surface area contributed by atoms with E-state index in [1.54, 1.807) is 19.1 Å². The normalized spacial score (nSPS) is 15.6. The summed E-state index contributed by atoms with van der Waals surface area (Å²) in [5.41, 5.74) is -1.17. The standard InChI is InChI=1S/C20H21F3N2O3/c1-12(17-7-4-8-28-17)25(2)19(27)14-9-15(20(21,22)23)11-16(10-14)24-18(26)13-5-3-6-13/h4,7-13H,3,5-6H2,1-2H3,(H,24,26). The molecule has 0 radical (unpaired) electrons. The number of carbonyl (C=O) groups excluding carboxylic acids is 2.